The molecule has 0 aliphatic carbocycles. The van der Waals surface area contributed by atoms with Crippen LogP contribution in [-0.4, -0.2) is 23.0 Å². The van der Waals surface area contributed by atoms with Gasteiger partial charge in [0.25, 0.3) is 0 Å². The molecule has 4 nitrogen and oxygen atoms in total. The summed E-state index contributed by atoms with van der Waals surface area (Å²) < 4.78 is 0. The minimum atomic E-state index is -0.803. The molecule has 110 valence electrons. The highest BCUT2D eigenvalue weighted by molar-refractivity contribution is 6.31. The van der Waals surface area contributed by atoms with Gasteiger partial charge in [0, 0.05) is 23.9 Å². The fourth-order valence-electron chi connectivity index (χ4n) is 1.93. The van der Waals surface area contributed by atoms with Crippen LogP contribution in [-0.2, 0) is 16.0 Å². The van der Waals surface area contributed by atoms with Gasteiger partial charge in [0.1, 0.15) is 0 Å². The molecule has 0 bridgehead atoms. The number of rotatable bonds is 8. The maximum absolute atomic E-state index is 11.8. The summed E-state index contributed by atoms with van der Waals surface area (Å²) in [5.74, 6) is -0.838. The van der Waals surface area contributed by atoms with Crippen LogP contribution < -0.4 is 5.32 Å². The van der Waals surface area contributed by atoms with Gasteiger partial charge in [-0.25, -0.2) is 0 Å². The average Bonchev–Trinajstić information content (AvgIpc) is 2.37. The molecule has 0 fully saturated rings. The van der Waals surface area contributed by atoms with Gasteiger partial charge in [0.05, 0.1) is 0 Å². The fourth-order valence-corrected chi connectivity index (χ4v) is 2.16. The van der Waals surface area contributed by atoms with Crippen molar-refractivity contribution >= 4 is 23.5 Å². The van der Waals surface area contributed by atoms with Gasteiger partial charge in [-0.1, -0.05) is 29.8 Å². The molecule has 0 radical (unpaired) electrons. The molecule has 5 heteroatoms. The summed E-state index contributed by atoms with van der Waals surface area (Å²) in [6.07, 6.45) is 2.37. The zero-order chi connectivity index (χ0) is 15.0. The molecule has 0 saturated carbocycles. The molecule has 0 heterocycles. The monoisotopic (exact) mass is 297 g/mol. The molecule has 0 saturated heterocycles. The smallest absolute Gasteiger partial charge is 0.303 e. The van der Waals surface area contributed by atoms with Gasteiger partial charge >= 0.3 is 5.97 Å². The summed E-state index contributed by atoms with van der Waals surface area (Å²) in [5.41, 5.74) is 0.961. The number of aliphatic carboxylic acids is 1. The molecular weight excluding hydrogens is 278 g/mol. The third-order valence-electron chi connectivity index (χ3n) is 3.01. The number of carboxylic acid groups (broad SMARTS) is 1. The predicted octanol–water partition coefficient (Wildman–Crippen LogP) is 3.03. The zero-order valence-corrected chi connectivity index (χ0v) is 12.3. The molecule has 0 spiro atoms. The molecule has 2 N–H and O–H groups in total. The molecule has 1 atom stereocenters. The molecule has 0 aliphatic rings. The van der Waals surface area contributed by atoms with Crippen LogP contribution in [0.3, 0.4) is 0 Å². The number of nitrogens with one attached hydrogen (secondary N) is 1. The predicted molar refractivity (Wildman–Crippen MR) is 78.9 cm³/mol. The van der Waals surface area contributed by atoms with Crippen LogP contribution in [0, 0.1) is 0 Å². The standard InChI is InChI=1S/C15H20ClNO3/c1-11(5-4-8-15(19)20)17-14(18)10-9-12-6-2-3-7-13(12)16/h2-3,6-7,11H,4-5,8-10H2,1H3,(H,17,18)(H,19,20). The lowest BCUT2D eigenvalue weighted by molar-refractivity contribution is -0.137. The largest absolute Gasteiger partial charge is 0.481 e. The summed E-state index contributed by atoms with van der Waals surface area (Å²) >= 11 is 6.02. The fraction of sp³-hybridized carbons (Fsp3) is 0.467. The summed E-state index contributed by atoms with van der Waals surface area (Å²) in [4.78, 5) is 22.2. The molecule has 1 amide bonds. The van der Waals surface area contributed by atoms with Gasteiger partial charge in [0.15, 0.2) is 0 Å². The summed E-state index contributed by atoms with van der Waals surface area (Å²) in [5, 5.41) is 12.1. The summed E-state index contributed by atoms with van der Waals surface area (Å²) in [6.45, 7) is 1.88. The Morgan fingerprint density at radius 2 is 2.00 bits per heavy atom. The van der Waals surface area contributed by atoms with Crippen LogP contribution in [0.25, 0.3) is 0 Å². The van der Waals surface area contributed by atoms with E-state index in [1.54, 1.807) is 0 Å². The van der Waals surface area contributed by atoms with E-state index in [-0.39, 0.29) is 18.4 Å². The number of amides is 1. The Kier molecular flexibility index (Phi) is 7.09. The van der Waals surface area contributed by atoms with Crippen LogP contribution in [0.1, 0.15) is 38.2 Å². The first-order chi connectivity index (χ1) is 9.49. The minimum Gasteiger partial charge on any atom is -0.481 e. The number of hydrogen-bond donors (Lipinski definition) is 2. The van der Waals surface area contributed by atoms with Gasteiger partial charge in [-0.05, 0) is 37.8 Å². The van der Waals surface area contributed by atoms with Crippen molar-refractivity contribution in [1.82, 2.24) is 5.32 Å². The molecule has 0 aromatic heterocycles. The Morgan fingerprint density at radius 1 is 1.30 bits per heavy atom. The second kappa shape index (κ2) is 8.59. The SMILES string of the molecule is CC(CCCC(=O)O)NC(=O)CCc1ccccc1Cl. The Labute approximate surface area is 124 Å². The van der Waals surface area contributed by atoms with E-state index in [0.717, 1.165) is 5.56 Å². The number of benzene rings is 1. The van der Waals surface area contributed by atoms with Gasteiger partial charge < -0.3 is 10.4 Å². The van der Waals surface area contributed by atoms with Gasteiger partial charge in [-0.2, -0.15) is 0 Å². The van der Waals surface area contributed by atoms with Crippen LogP contribution in [0.4, 0.5) is 0 Å². The van der Waals surface area contributed by atoms with Crippen LogP contribution in [0.5, 0.6) is 0 Å². The number of aryl methyl sites for hydroxylation is 1. The quantitative estimate of drug-likeness (QED) is 0.775. The molecular formula is C15H20ClNO3. The second-order valence-electron chi connectivity index (χ2n) is 4.85. The van der Waals surface area contributed by atoms with E-state index in [0.29, 0.717) is 30.7 Å². The molecule has 1 unspecified atom stereocenters. The maximum atomic E-state index is 11.8. The van der Waals surface area contributed by atoms with E-state index in [1.165, 1.54) is 0 Å². The van der Waals surface area contributed by atoms with Crippen molar-refractivity contribution in [3.8, 4) is 0 Å². The second-order valence-corrected chi connectivity index (χ2v) is 5.25. The Morgan fingerprint density at radius 3 is 2.65 bits per heavy atom. The third-order valence-corrected chi connectivity index (χ3v) is 3.38. The number of carbonyl (C=O) groups is 2. The van der Waals surface area contributed by atoms with Gasteiger partial charge in [0.2, 0.25) is 5.91 Å². The van der Waals surface area contributed by atoms with E-state index < -0.39 is 5.97 Å². The highest BCUT2D eigenvalue weighted by atomic mass is 35.5. The first kappa shape index (κ1) is 16.5. The average molecular weight is 298 g/mol. The molecule has 1 aromatic carbocycles. The van der Waals surface area contributed by atoms with Crippen molar-refractivity contribution < 1.29 is 14.7 Å². The molecule has 1 rings (SSSR count). The van der Waals surface area contributed by atoms with E-state index in [1.807, 2.05) is 31.2 Å². The van der Waals surface area contributed by atoms with Crippen molar-refractivity contribution in [2.75, 3.05) is 0 Å². The maximum Gasteiger partial charge on any atom is 0.303 e. The highest BCUT2D eigenvalue weighted by Crippen LogP contribution is 2.16. The van der Waals surface area contributed by atoms with E-state index in [2.05, 4.69) is 5.32 Å². The van der Waals surface area contributed by atoms with Crippen LogP contribution in [0.2, 0.25) is 5.02 Å². The Balaban J connectivity index is 2.26. The van der Waals surface area contributed by atoms with Crippen LogP contribution in [0.15, 0.2) is 24.3 Å². The topological polar surface area (TPSA) is 66.4 Å². The lowest BCUT2D eigenvalue weighted by Gasteiger charge is -2.13. The first-order valence-electron chi connectivity index (χ1n) is 6.73. The lowest BCUT2D eigenvalue weighted by atomic mass is 10.1. The number of hydrogen-bond acceptors (Lipinski definition) is 2. The van der Waals surface area contributed by atoms with Crippen LogP contribution >= 0.6 is 11.6 Å². The molecule has 0 aliphatic heterocycles. The van der Waals surface area contributed by atoms with Crippen molar-refractivity contribution in [1.29, 1.82) is 0 Å². The van der Waals surface area contributed by atoms with E-state index >= 15 is 0 Å². The third kappa shape index (κ3) is 6.57. The summed E-state index contributed by atoms with van der Waals surface area (Å²) in [7, 11) is 0. The summed E-state index contributed by atoms with van der Waals surface area (Å²) in [6, 6.07) is 7.47. The van der Waals surface area contributed by atoms with E-state index in [4.69, 9.17) is 16.7 Å². The number of halogens is 1. The molecule has 20 heavy (non-hydrogen) atoms. The normalized spacial score (nSPS) is 11.9. The Bertz CT molecular complexity index is 462. The van der Waals surface area contributed by atoms with Crippen molar-refractivity contribution in [3.05, 3.63) is 34.9 Å². The van der Waals surface area contributed by atoms with Gasteiger partial charge in [-0.3, -0.25) is 9.59 Å². The first-order valence-corrected chi connectivity index (χ1v) is 7.11. The minimum absolute atomic E-state index is 0.00639. The van der Waals surface area contributed by atoms with E-state index in [9.17, 15) is 9.59 Å². The number of carbonyl (C=O) groups excluding carboxylic acids is 1. The van der Waals surface area contributed by atoms with Gasteiger partial charge in [-0.15, -0.1) is 0 Å². The zero-order valence-electron chi connectivity index (χ0n) is 11.6. The lowest BCUT2D eigenvalue weighted by Crippen LogP contribution is -2.32. The highest BCUT2D eigenvalue weighted by Gasteiger charge is 2.09. The molecule has 1 aromatic rings. The Hall–Kier alpha value is -1.55. The van der Waals surface area contributed by atoms with Crippen molar-refractivity contribution in [2.45, 2.75) is 45.1 Å². The number of carboxylic acids is 1. The van der Waals surface area contributed by atoms with Crippen molar-refractivity contribution in [3.63, 3.8) is 0 Å². The van der Waals surface area contributed by atoms with Crippen molar-refractivity contribution in [2.24, 2.45) is 0 Å².